The number of fused-ring (bicyclic) bond motifs is 1. The first kappa shape index (κ1) is 13.9. The summed E-state index contributed by atoms with van der Waals surface area (Å²) in [7, 11) is 1.66. The second-order valence-electron chi connectivity index (χ2n) is 4.93. The molecular weight excluding hydrogens is 292 g/mol. The van der Waals surface area contributed by atoms with Crippen molar-refractivity contribution in [3.05, 3.63) is 44.7 Å². The van der Waals surface area contributed by atoms with E-state index in [-0.39, 0.29) is 0 Å². The summed E-state index contributed by atoms with van der Waals surface area (Å²) in [6.07, 6.45) is 5.27. The van der Waals surface area contributed by atoms with Crippen LogP contribution in [-0.4, -0.2) is 12.1 Å². The van der Waals surface area contributed by atoms with Gasteiger partial charge in [0.25, 0.3) is 0 Å². The topological polar surface area (TPSA) is 34.1 Å². The van der Waals surface area contributed by atoms with Gasteiger partial charge in [-0.25, -0.2) is 4.98 Å². The predicted molar refractivity (Wildman–Crippen MR) is 82.6 cm³/mol. The van der Waals surface area contributed by atoms with Crippen LogP contribution >= 0.6 is 22.9 Å². The summed E-state index contributed by atoms with van der Waals surface area (Å²) in [5, 5.41) is 3.61. The molecule has 20 heavy (non-hydrogen) atoms. The molecule has 1 aliphatic rings. The van der Waals surface area contributed by atoms with Gasteiger partial charge in [0.1, 0.15) is 0 Å². The lowest BCUT2D eigenvalue weighted by atomic mass is 9.94. The third kappa shape index (κ3) is 2.82. The molecule has 5 heteroatoms. The lowest BCUT2D eigenvalue weighted by molar-refractivity contribution is 0.386. The number of hydrogen-bond donors (Lipinski definition) is 1. The van der Waals surface area contributed by atoms with Crippen molar-refractivity contribution in [1.82, 2.24) is 10.3 Å². The van der Waals surface area contributed by atoms with Gasteiger partial charge in [0, 0.05) is 29.2 Å². The molecule has 0 bridgehead atoms. The van der Waals surface area contributed by atoms with Crippen molar-refractivity contribution in [3.8, 4) is 5.88 Å². The van der Waals surface area contributed by atoms with Gasteiger partial charge in [-0.15, -0.1) is 11.3 Å². The summed E-state index contributed by atoms with van der Waals surface area (Å²) in [6.45, 7) is 0.759. The van der Waals surface area contributed by atoms with Crippen LogP contribution in [0.25, 0.3) is 0 Å². The maximum absolute atomic E-state index is 6.14. The Balaban J connectivity index is 1.73. The number of pyridine rings is 1. The first-order valence-electron chi connectivity index (χ1n) is 6.77. The Labute approximate surface area is 127 Å². The molecule has 106 valence electrons. The van der Waals surface area contributed by atoms with Crippen molar-refractivity contribution in [3.63, 3.8) is 0 Å². The molecule has 3 rings (SSSR count). The summed E-state index contributed by atoms with van der Waals surface area (Å²) >= 11 is 7.85. The third-order valence-electron chi connectivity index (χ3n) is 3.67. The number of nitrogens with zero attached hydrogens (tertiary/aromatic N) is 1. The first-order valence-corrected chi connectivity index (χ1v) is 7.96. The van der Waals surface area contributed by atoms with Crippen LogP contribution in [0, 0.1) is 0 Å². The van der Waals surface area contributed by atoms with Gasteiger partial charge < -0.3 is 10.1 Å². The summed E-state index contributed by atoms with van der Waals surface area (Å²) in [6, 6.07) is 6.47. The second kappa shape index (κ2) is 6.12. The van der Waals surface area contributed by atoms with E-state index >= 15 is 0 Å². The Kier molecular flexibility index (Phi) is 4.24. The maximum atomic E-state index is 6.14. The Morgan fingerprint density at radius 1 is 1.55 bits per heavy atom. The van der Waals surface area contributed by atoms with E-state index in [1.165, 1.54) is 16.9 Å². The SMILES string of the molecule is COc1ncccc1CNC1CCCc2sc(Cl)cc21. The van der Waals surface area contributed by atoms with E-state index in [9.17, 15) is 0 Å². The molecule has 1 unspecified atom stereocenters. The van der Waals surface area contributed by atoms with Crippen molar-refractivity contribution in [2.75, 3.05) is 7.11 Å². The van der Waals surface area contributed by atoms with Crippen LogP contribution < -0.4 is 10.1 Å². The van der Waals surface area contributed by atoms with Crippen LogP contribution in [0.2, 0.25) is 4.34 Å². The predicted octanol–water partition coefficient (Wildman–Crippen LogP) is 3.97. The zero-order valence-electron chi connectivity index (χ0n) is 11.4. The Morgan fingerprint density at radius 3 is 3.30 bits per heavy atom. The van der Waals surface area contributed by atoms with Crippen LogP contribution in [0.4, 0.5) is 0 Å². The normalized spacial score (nSPS) is 17.8. The van der Waals surface area contributed by atoms with Gasteiger partial charge in [-0.3, -0.25) is 0 Å². The van der Waals surface area contributed by atoms with E-state index < -0.39 is 0 Å². The molecule has 2 aromatic rings. The summed E-state index contributed by atoms with van der Waals surface area (Å²) in [5.74, 6) is 0.694. The van der Waals surface area contributed by atoms with Crippen molar-refractivity contribution < 1.29 is 4.74 Å². The lowest BCUT2D eigenvalue weighted by Gasteiger charge is -2.24. The van der Waals surface area contributed by atoms with E-state index in [1.54, 1.807) is 24.6 Å². The summed E-state index contributed by atoms with van der Waals surface area (Å²) in [4.78, 5) is 5.66. The maximum Gasteiger partial charge on any atom is 0.217 e. The molecule has 0 saturated heterocycles. The van der Waals surface area contributed by atoms with Gasteiger partial charge in [0.05, 0.1) is 11.4 Å². The average Bonchev–Trinajstić information content (AvgIpc) is 2.86. The lowest BCUT2D eigenvalue weighted by Crippen LogP contribution is -2.24. The summed E-state index contributed by atoms with van der Waals surface area (Å²) in [5.41, 5.74) is 2.46. The van der Waals surface area contributed by atoms with E-state index in [1.807, 2.05) is 12.1 Å². The molecule has 0 fully saturated rings. The van der Waals surface area contributed by atoms with Gasteiger partial charge >= 0.3 is 0 Å². The molecule has 0 aromatic carbocycles. The van der Waals surface area contributed by atoms with E-state index in [0.29, 0.717) is 11.9 Å². The molecule has 3 nitrogen and oxygen atoms in total. The van der Waals surface area contributed by atoms with Gasteiger partial charge in [-0.2, -0.15) is 0 Å². The minimum atomic E-state index is 0.382. The number of thiophene rings is 1. The highest BCUT2D eigenvalue weighted by Gasteiger charge is 2.22. The second-order valence-corrected chi connectivity index (χ2v) is 6.69. The molecule has 0 radical (unpaired) electrons. The molecule has 1 N–H and O–H groups in total. The number of aromatic nitrogens is 1. The number of ether oxygens (including phenoxy) is 1. The van der Waals surface area contributed by atoms with Crippen LogP contribution in [0.15, 0.2) is 24.4 Å². The van der Waals surface area contributed by atoms with Crippen LogP contribution in [0.1, 0.15) is 34.9 Å². The molecule has 0 spiro atoms. The molecule has 1 atom stereocenters. The minimum Gasteiger partial charge on any atom is -0.481 e. The van der Waals surface area contributed by atoms with Gasteiger partial charge in [-0.05, 0) is 37.0 Å². The monoisotopic (exact) mass is 308 g/mol. The Morgan fingerprint density at radius 2 is 2.45 bits per heavy atom. The Bertz CT molecular complexity index is 599. The van der Waals surface area contributed by atoms with Crippen LogP contribution in [-0.2, 0) is 13.0 Å². The minimum absolute atomic E-state index is 0.382. The van der Waals surface area contributed by atoms with E-state index in [2.05, 4.69) is 16.4 Å². The smallest absolute Gasteiger partial charge is 0.217 e. The van der Waals surface area contributed by atoms with Crippen LogP contribution in [0.3, 0.4) is 0 Å². The number of aryl methyl sites for hydroxylation is 1. The van der Waals surface area contributed by atoms with E-state index in [0.717, 1.165) is 29.3 Å². The molecule has 0 aliphatic heterocycles. The molecule has 2 aromatic heterocycles. The van der Waals surface area contributed by atoms with Crippen LogP contribution in [0.5, 0.6) is 5.88 Å². The highest BCUT2D eigenvalue weighted by molar-refractivity contribution is 7.16. The fourth-order valence-corrected chi connectivity index (χ4v) is 4.09. The van der Waals surface area contributed by atoms with Gasteiger partial charge in [-0.1, -0.05) is 17.7 Å². The van der Waals surface area contributed by atoms with Crippen molar-refractivity contribution in [2.45, 2.75) is 31.8 Å². The van der Waals surface area contributed by atoms with Crippen molar-refractivity contribution in [2.24, 2.45) is 0 Å². The molecule has 0 saturated carbocycles. The molecule has 0 amide bonds. The fourth-order valence-electron chi connectivity index (χ4n) is 2.71. The van der Waals surface area contributed by atoms with Gasteiger partial charge in [0.2, 0.25) is 5.88 Å². The molecule has 2 heterocycles. The van der Waals surface area contributed by atoms with Crippen molar-refractivity contribution >= 4 is 22.9 Å². The number of methoxy groups -OCH3 is 1. The highest BCUT2D eigenvalue weighted by atomic mass is 35.5. The quantitative estimate of drug-likeness (QED) is 0.928. The number of hydrogen-bond acceptors (Lipinski definition) is 4. The van der Waals surface area contributed by atoms with E-state index in [4.69, 9.17) is 16.3 Å². The third-order valence-corrected chi connectivity index (χ3v) is 5.01. The highest BCUT2D eigenvalue weighted by Crippen LogP contribution is 2.38. The number of rotatable bonds is 4. The average molecular weight is 309 g/mol. The largest absolute Gasteiger partial charge is 0.481 e. The zero-order valence-corrected chi connectivity index (χ0v) is 12.9. The van der Waals surface area contributed by atoms with Crippen molar-refractivity contribution in [1.29, 1.82) is 0 Å². The summed E-state index contributed by atoms with van der Waals surface area (Å²) < 4.78 is 6.18. The van der Waals surface area contributed by atoms with Gasteiger partial charge in [0.15, 0.2) is 0 Å². The molecule has 1 aliphatic carbocycles. The number of halogens is 1. The first-order chi connectivity index (χ1) is 9.78. The zero-order chi connectivity index (χ0) is 13.9. The standard InChI is InChI=1S/C15H17ClN2OS/c1-19-15-10(4-3-7-17-15)9-18-12-5-2-6-13-11(12)8-14(16)20-13/h3-4,7-8,12,18H,2,5-6,9H2,1H3. The number of nitrogens with one attached hydrogen (secondary N) is 1. The fraction of sp³-hybridized carbons (Fsp3) is 0.400. The Hall–Kier alpha value is -1.10. The molecular formula is C15H17ClN2OS.